The fourth-order valence-electron chi connectivity index (χ4n) is 2.47. The van der Waals surface area contributed by atoms with Crippen LogP contribution in [0.3, 0.4) is 0 Å². The summed E-state index contributed by atoms with van der Waals surface area (Å²) in [6.45, 7) is 2.10. The van der Waals surface area contributed by atoms with Crippen molar-refractivity contribution in [2.24, 2.45) is 0 Å². The number of hydrogen-bond donors (Lipinski definition) is 0. The summed E-state index contributed by atoms with van der Waals surface area (Å²) < 4.78 is 1.86. The molecule has 0 atom stereocenters. The summed E-state index contributed by atoms with van der Waals surface area (Å²) in [4.78, 5) is 0.837. The summed E-state index contributed by atoms with van der Waals surface area (Å²) in [5.74, 6) is 0.872. The highest BCUT2D eigenvalue weighted by atomic mass is 32.1. The standard InChI is InChI=1S/C17H14N4S/c1-12-7-5-6-10-14(12)16-20-21-15(18-19-17(21)22-16)11-13-8-3-2-4-9-13/h2-10H,11H2,1H3. The van der Waals surface area contributed by atoms with Gasteiger partial charge in [-0.15, -0.1) is 10.2 Å². The molecule has 0 aliphatic rings. The molecular formula is C17H14N4S. The smallest absolute Gasteiger partial charge is 0.187 e. The summed E-state index contributed by atoms with van der Waals surface area (Å²) in [5.41, 5.74) is 3.59. The van der Waals surface area contributed by atoms with Crippen molar-refractivity contribution in [2.75, 3.05) is 0 Å². The van der Waals surface area contributed by atoms with E-state index in [-0.39, 0.29) is 0 Å². The van der Waals surface area contributed by atoms with E-state index in [1.54, 1.807) is 11.3 Å². The number of aromatic nitrogens is 4. The second kappa shape index (κ2) is 5.35. The van der Waals surface area contributed by atoms with Crippen molar-refractivity contribution in [3.63, 3.8) is 0 Å². The van der Waals surface area contributed by atoms with Gasteiger partial charge in [0.2, 0.25) is 4.96 Å². The maximum atomic E-state index is 4.71. The van der Waals surface area contributed by atoms with Gasteiger partial charge in [-0.05, 0) is 18.1 Å². The minimum absolute atomic E-state index is 0.735. The second-order valence-corrected chi connectivity index (χ2v) is 6.15. The Bertz CT molecular complexity index is 924. The van der Waals surface area contributed by atoms with Crippen molar-refractivity contribution >= 4 is 16.3 Å². The molecule has 0 N–H and O–H groups in total. The third kappa shape index (κ3) is 2.29. The van der Waals surface area contributed by atoms with E-state index >= 15 is 0 Å². The molecule has 4 nitrogen and oxygen atoms in total. The van der Waals surface area contributed by atoms with Crippen LogP contribution in [0.5, 0.6) is 0 Å². The Hall–Kier alpha value is -2.53. The Balaban J connectivity index is 1.75. The van der Waals surface area contributed by atoms with Crippen molar-refractivity contribution in [2.45, 2.75) is 13.3 Å². The molecule has 0 saturated carbocycles. The molecule has 2 heterocycles. The molecule has 0 radical (unpaired) electrons. The molecule has 0 unspecified atom stereocenters. The van der Waals surface area contributed by atoms with Crippen molar-refractivity contribution in [1.29, 1.82) is 0 Å². The van der Waals surface area contributed by atoms with Crippen LogP contribution in [-0.4, -0.2) is 19.8 Å². The number of benzene rings is 2. The van der Waals surface area contributed by atoms with Crippen LogP contribution >= 0.6 is 11.3 Å². The first kappa shape index (κ1) is 13.2. The lowest BCUT2D eigenvalue weighted by molar-refractivity contribution is 0.854. The molecule has 0 bridgehead atoms. The number of aryl methyl sites for hydroxylation is 1. The van der Waals surface area contributed by atoms with Gasteiger partial charge in [-0.3, -0.25) is 0 Å². The zero-order valence-corrected chi connectivity index (χ0v) is 12.9. The van der Waals surface area contributed by atoms with Crippen LogP contribution < -0.4 is 0 Å². The fourth-order valence-corrected chi connectivity index (χ4v) is 3.42. The van der Waals surface area contributed by atoms with Crippen LogP contribution in [0.2, 0.25) is 0 Å². The van der Waals surface area contributed by atoms with E-state index < -0.39 is 0 Å². The average molecular weight is 306 g/mol. The topological polar surface area (TPSA) is 43.1 Å². The monoisotopic (exact) mass is 306 g/mol. The van der Waals surface area contributed by atoms with Crippen molar-refractivity contribution in [1.82, 2.24) is 19.8 Å². The first-order valence-corrected chi connectivity index (χ1v) is 7.94. The summed E-state index contributed by atoms with van der Waals surface area (Å²) in [6, 6.07) is 18.5. The molecule has 0 aliphatic heterocycles. The lowest BCUT2D eigenvalue weighted by Crippen LogP contribution is -1.97. The van der Waals surface area contributed by atoms with Crippen molar-refractivity contribution in [3.05, 3.63) is 71.5 Å². The Morgan fingerprint density at radius 2 is 1.73 bits per heavy atom. The minimum Gasteiger partial charge on any atom is -0.187 e. The highest BCUT2D eigenvalue weighted by Gasteiger charge is 2.14. The third-order valence-corrected chi connectivity index (χ3v) is 4.57. The normalized spacial score (nSPS) is 11.1. The van der Waals surface area contributed by atoms with E-state index in [4.69, 9.17) is 5.10 Å². The molecule has 22 heavy (non-hydrogen) atoms. The van der Waals surface area contributed by atoms with E-state index in [0.717, 1.165) is 27.8 Å². The predicted octanol–water partition coefficient (Wildman–Crippen LogP) is 3.75. The lowest BCUT2D eigenvalue weighted by Gasteiger charge is -2.00. The zero-order valence-electron chi connectivity index (χ0n) is 12.1. The minimum atomic E-state index is 0.735. The molecule has 2 aromatic heterocycles. The van der Waals surface area contributed by atoms with E-state index in [2.05, 4.69) is 41.4 Å². The van der Waals surface area contributed by atoms with Crippen LogP contribution in [0.4, 0.5) is 0 Å². The molecule has 0 saturated heterocycles. The molecule has 108 valence electrons. The highest BCUT2D eigenvalue weighted by molar-refractivity contribution is 7.19. The second-order valence-electron chi connectivity index (χ2n) is 5.20. The van der Waals surface area contributed by atoms with Crippen molar-refractivity contribution < 1.29 is 0 Å². The van der Waals surface area contributed by atoms with Gasteiger partial charge in [-0.25, -0.2) is 0 Å². The van der Waals surface area contributed by atoms with E-state index in [1.807, 2.05) is 34.8 Å². The average Bonchev–Trinajstić information content (AvgIpc) is 3.11. The quantitative estimate of drug-likeness (QED) is 0.579. The molecule has 0 amide bonds. The Morgan fingerprint density at radius 3 is 2.55 bits per heavy atom. The molecule has 4 aromatic rings. The van der Waals surface area contributed by atoms with E-state index in [0.29, 0.717) is 0 Å². The molecule has 2 aromatic carbocycles. The third-order valence-electron chi connectivity index (χ3n) is 3.64. The van der Waals surface area contributed by atoms with Gasteiger partial charge in [-0.2, -0.15) is 9.61 Å². The van der Waals surface area contributed by atoms with E-state index in [9.17, 15) is 0 Å². The highest BCUT2D eigenvalue weighted by Crippen LogP contribution is 2.28. The Labute approximate surface area is 132 Å². The number of hydrogen-bond acceptors (Lipinski definition) is 4. The van der Waals surface area contributed by atoms with Crippen LogP contribution in [0.15, 0.2) is 54.6 Å². The fraction of sp³-hybridized carbons (Fsp3) is 0.118. The first-order valence-electron chi connectivity index (χ1n) is 7.12. The SMILES string of the molecule is Cc1ccccc1-c1nn2c(Cc3ccccc3)nnc2s1. The largest absolute Gasteiger partial charge is 0.234 e. The molecule has 0 spiro atoms. The summed E-state index contributed by atoms with van der Waals surface area (Å²) in [7, 11) is 0. The predicted molar refractivity (Wildman–Crippen MR) is 88.1 cm³/mol. The van der Waals surface area contributed by atoms with Gasteiger partial charge >= 0.3 is 0 Å². The van der Waals surface area contributed by atoms with Crippen LogP contribution in [-0.2, 0) is 6.42 Å². The zero-order chi connectivity index (χ0) is 14.9. The number of fused-ring (bicyclic) bond motifs is 1. The summed E-state index contributed by atoms with van der Waals surface area (Å²) in [5, 5.41) is 14.2. The van der Waals surface area contributed by atoms with Crippen molar-refractivity contribution in [3.8, 4) is 10.6 Å². The van der Waals surface area contributed by atoms with Gasteiger partial charge < -0.3 is 0 Å². The maximum absolute atomic E-state index is 4.71. The van der Waals surface area contributed by atoms with E-state index in [1.165, 1.54) is 11.1 Å². The van der Waals surface area contributed by atoms with Crippen LogP contribution in [0.25, 0.3) is 15.5 Å². The van der Waals surface area contributed by atoms with Gasteiger partial charge in [0.1, 0.15) is 5.01 Å². The molecule has 0 fully saturated rings. The van der Waals surface area contributed by atoms with Gasteiger partial charge in [0.25, 0.3) is 0 Å². The molecule has 4 rings (SSSR count). The van der Waals surface area contributed by atoms with Gasteiger partial charge in [0, 0.05) is 12.0 Å². The van der Waals surface area contributed by atoms with Gasteiger partial charge in [-0.1, -0.05) is 65.9 Å². The molecular weight excluding hydrogens is 292 g/mol. The Morgan fingerprint density at radius 1 is 0.955 bits per heavy atom. The maximum Gasteiger partial charge on any atom is 0.234 e. The summed E-state index contributed by atoms with van der Waals surface area (Å²) in [6.07, 6.45) is 0.735. The summed E-state index contributed by atoms with van der Waals surface area (Å²) >= 11 is 1.57. The Kier molecular flexibility index (Phi) is 3.20. The van der Waals surface area contributed by atoms with Gasteiger partial charge in [0.05, 0.1) is 0 Å². The molecule has 0 aliphatic carbocycles. The lowest BCUT2D eigenvalue weighted by atomic mass is 10.1. The number of nitrogens with zero attached hydrogens (tertiary/aromatic N) is 4. The number of rotatable bonds is 3. The van der Waals surface area contributed by atoms with Gasteiger partial charge in [0.15, 0.2) is 5.82 Å². The first-order chi connectivity index (χ1) is 10.8. The van der Waals surface area contributed by atoms with Crippen LogP contribution in [0.1, 0.15) is 17.0 Å². The van der Waals surface area contributed by atoms with Crippen LogP contribution in [0, 0.1) is 6.92 Å². The molecule has 5 heteroatoms.